The third kappa shape index (κ3) is 2.32. The van der Waals surface area contributed by atoms with E-state index >= 15 is 0 Å². The Bertz CT molecular complexity index is 386. The largest absolute Gasteiger partial charge is 0.126 e. The van der Waals surface area contributed by atoms with E-state index in [-0.39, 0.29) is 0 Å². The number of alkyl halides is 1. The third-order valence-electron chi connectivity index (χ3n) is 5.35. The summed E-state index contributed by atoms with van der Waals surface area (Å²) in [6.07, 6.45) is 9.67. The molecule has 0 amide bonds. The molecule has 0 aliphatic heterocycles. The van der Waals surface area contributed by atoms with E-state index in [0.717, 1.165) is 17.7 Å². The molecule has 3 rings (SSSR count). The predicted octanol–water partition coefficient (Wildman–Crippen LogP) is 5.05. The Morgan fingerprint density at radius 3 is 2.61 bits per heavy atom. The molecule has 2 saturated carbocycles. The molecule has 98 valence electrons. The number of halogens is 1. The van der Waals surface area contributed by atoms with Gasteiger partial charge in [0.2, 0.25) is 0 Å². The SMILES string of the molecule is ClCC1(CCCc2ccccc2)CC2CCC1C2. The Morgan fingerprint density at radius 1 is 1.17 bits per heavy atom. The molecule has 0 aromatic heterocycles. The molecule has 3 unspecified atom stereocenters. The second kappa shape index (κ2) is 5.25. The van der Waals surface area contributed by atoms with Crippen molar-refractivity contribution in [3.8, 4) is 0 Å². The van der Waals surface area contributed by atoms with Crippen LogP contribution in [0, 0.1) is 17.3 Å². The molecule has 0 heterocycles. The van der Waals surface area contributed by atoms with Gasteiger partial charge in [-0.1, -0.05) is 36.8 Å². The summed E-state index contributed by atoms with van der Waals surface area (Å²) >= 11 is 6.34. The highest BCUT2D eigenvalue weighted by Gasteiger charge is 2.49. The monoisotopic (exact) mass is 262 g/mol. The van der Waals surface area contributed by atoms with E-state index in [1.807, 2.05) is 0 Å². The quantitative estimate of drug-likeness (QED) is 0.651. The molecule has 0 radical (unpaired) electrons. The van der Waals surface area contributed by atoms with Crippen LogP contribution in [-0.4, -0.2) is 5.88 Å². The molecular formula is C17H23Cl. The molecule has 0 nitrogen and oxygen atoms in total. The lowest BCUT2D eigenvalue weighted by atomic mass is 9.71. The summed E-state index contributed by atoms with van der Waals surface area (Å²) in [5, 5.41) is 0. The summed E-state index contributed by atoms with van der Waals surface area (Å²) in [6, 6.07) is 10.9. The Morgan fingerprint density at radius 2 is 2.00 bits per heavy atom. The average molecular weight is 263 g/mol. The normalized spacial score (nSPS) is 34.1. The lowest BCUT2D eigenvalue weighted by Gasteiger charge is -2.36. The minimum Gasteiger partial charge on any atom is -0.126 e. The predicted molar refractivity (Wildman–Crippen MR) is 78.0 cm³/mol. The van der Waals surface area contributed by atoms with Crippen LogP contribution in [0.1, 0.15) is 44.1 Å². The maximum Gasteiger partial charge on any atom is 0.0282 e. The van der Waals surface area contributed by atoms with Gasteiger partial charge in [-0.25, -0.2) is 0 Å². The second-order valence-corrected chi connectivity index (χ2v) is 6.68. The maximum absolute atomic E-state index is 6.34. The van der Waals surface area contributed by atoms with E-state index in [9.17, 15) is 0 Å². The van der Waals surface area contributed by atoms with Crippen LogP contribution in [0.25, 0.3) is 0 Å². The van der Waals surface area contributed by atoms with Crippen molar-refractivity contribution in [3.63, 3.8) is 0 Å². The summed E-state index contributed by atoms with van der Waals surface area (Å²) in [5.41, 5.74) is 1.98. The van der Waals surface area contributed by atoms with Crippen LogP contribution in [0.5, 0.6) is 0 Å². The van der Waals surface area contributed by atoms with Crippen molar-refractivity contribution >= 4 is 11.6 Å². The van der Waals surface area contributed by atoms with Crippen molar-refractivity contribution in [3.05, 3.63) is 35.9 Å². The van der Waals surface area contributed by atoms with E-state index < -0.39 is 0 Å². The average Bonchev–Trinajstić information content (AvgIpc) is 3.01. The van der Waals surface area contributed by atoms with Gasteiger partial charge in [0.1, 0.15) is 0 Å². The number of aryl methyl sites for hydroxylation is 1. The number of rotatable bonds is 5. The van der Waals surface area contributed by atoms with Gasteiger partial charge in [-0.2, -0.15) is 0 Å². The molecule has 2 bridgehead atoms. The standard InChI is InChI=1S/C17H23Cl/c18-13-17(12-15-8-9-16(17)11-15)10-4-7-14-5-2-1-3-6-14/h1-3,5-6,15-16H,4,7-13H2. The van der Waals surface area contributed by atoms with Crippen molar-refractivity contribution in [1.82, 2.24) is 0 Å². The zero-order valence-electron chi connectivity index (χ0n) is 11.1. The third-order valence-corrected chi connectivity index (χ3v) is 5.88. The first-order valence-electron chi connectivity index (χ1n) is 7.42. The number of hydrogen-bond acceptors (Lipinski definition) is 0. The molecule has 3 atom stereocenters. The van der Waals surface area contributed by atoms with Gasteiger partial charge < -0.3 is 0 Å². The van der Waals surface area contributed by atoms with Crippen LogP contribution in [0.2, 0.25) is 0 Å². The van der Waals surface area contributed by atoms with Crippen LogP contribution < -0.4 is 0 Å². The molecular weight excluding hydrogens is 240 g/mol. The molecule has 0 saturated heterocycles. The van der Waals surface area contributed by atoms with E-state index in [1.165, 1.54) is 50.5 Å². The Hall–Kier alpha value is -0.490. The van der Waals surface area contributed by atoms with Crippen LogP contribution in [0.3, 0.4) is 0 Å². The minimum absolute atomic E-state index is 0.499. The number of hydrogen-bond donors (Lipinski definition) is 0. The van der Waals surface area contributed by atoms with Crippen molar-refractivity contribution < 1.29 is 0 Å². The summed E-state index contributed by atoms with van der Waals surface area (Å²) in [5.74, 6) is 2.84. The van der Waals surface area contributed by atoms with Gasteiger partial charge in [-0.15, -0.1) is 11.6 Å². The maximum atomic E-state index is 6.34. The lowest BCUT2D eigenvalue weighted by molar-refractivity contribution is 0.174. The zero-order chi connectivity index (χ0) is 12.4. The smallest absolute Gasteiger partial charge is 0.0282 e. The molecule has 1 aromatic carbocycles. The van der Waals surface area contributed by atoms with Gasteiger partial charge in [-0.05, 0) is 61.3 Å². The number of benzene rings is 1. The van der Waals surface area contributed by atoms with E-state index in [4.69, 9.17) is 11.6 Å². The van der Waals surface area contributed by atoms with Gasteiger partial charge in [0.25, 0.3) is 0 Å². The molecule has 0 spiro atoms. The summed E-state index contributed by atoms with van der Waals surface area (Å²) < 4.78 is 0. The van der Waals surface area contributed by atoms with Gasteiger partial charge in [-0.3, -0.25) is 0 Å². The molecule has 2 fully saturated rings. The van der Waals surface area contributed by atoms with Crippen molar-refractivity contribution in [2.45, 2.75) is 44.9 Å². The van der Waals surface area contributed by atoms with Crippen molar-refractivity contribution in [2.24, 2.45) is 17.3 Å². The van der Waals surface area contributed by atoms with Crippen LogP contribution in [-0.2, 0) is 6.42 Å². The van der Waals surface area contributed by atoms with Crippen molar-refractivity contribution in [2.75, 3.05) is 5.88 Å². The molecule has 18 heavy (non-hydrogen) atoms. The highest BCUT2D eigenvalue weighted by atomic mass is 35.5. The highest BCUT2D eigenvalue weighted by Crippen LogP contribution is 2.58. The Kier molecular flexibility index (Phi) is 3.66. The summed E-state index contributed by atoms with van der Waals surface area (Å²) in [4.78, 5) is 0. The second-order valence-electron chi connectivity index (χ2n) is 6.42. The summed E-state index contributed by atoms with van der Waals surface area (Å²) in [7, 11) is 0. The first kappa shape index (κ1) is 12.5. The molecule has 2 aliphatic carbocycles. The van der Waals surface area contributed by atoms with Gasteiger partial charge in [0, 0.05) is 5.88 Å². The molecule has 0 N–H and O–H groups in total. The minimum atomic E-state index is 0.499. The highest BCUT2D eigenvalue weighted by molar-refractivity contribution is 6.18. The fourth-order valence-corrected chi connectivity index (χ4v) is 4.84. The Labute approximate surface area is 116 Å². The van der Waals surface area contributed by atoms with Gasteiger partial charge in [0.05, 0.1) is 0 Å². The van der Waals surface area contributed by atoms with Gasteiger partial charge >= 0.3 is 0 Å². The zero-order valence-corrected chi connectivity index (χ0v) is 11.8. The van der Waals surface area contributed by atoms with E-state index in [0.29, 0.717) is 5.41 Å². The van der Waals surface area contributed by atoms with Crippen molar-refractivity contribution in [1.29, 1.82) is 0 Å². The van der Waals surface area contributed by atoms with E-state index in [2.05, 4.69) is 30.3 Å². The summed E-state index contributed by atoms with van der Waals surface area (Å²) in [6.45, 7) is 0. The fraction of sp³-hybridized carbons (Fsp3) is 0.647. The van der Waals surface area contributed by atoms with Crippen LogP contribution in [0.4, 0.5) is 0 Å². The lowest BCUT2D eigenvalue weighted by Crippen LogP contribution is -2.29. The molecule has 2 aliphatic rings. The first-order chi connectivity index (χ1) is 8.82. The molecule has 1 aromatic rings. The Balaban J connectivity index is 1.56. The van der Waals surface area contributed by atoms with E-state index in [1.54, 1.807) is 0 Å². The van der Waals surface area contributed by atoms with Crippen LogP contribution >= 0.6 is 11.6 Å². The van der Waals surface area contributed by atoms with Crippen LogP contribution in [0.15, 0.2) is 30.3 Å². The number of fused-ring (bicyclic) bond motifs is 2. The van der Waals surface area contributed by atoms with Gasteiger partial charge in [0.15, 0.2) is 0 Å². The fourth-order valence-electron chi connectivity index (χ4n) is 4.38. The first-order valence-corrected chi connectivity index (χ1v) is 7.96. The topological polar surface area (TPSA) is 0 Å². The molecule has 1 heteroatoms.